The van der Waals surface area contributed by atoms with Crippen molar-refractivity contribution in [2.45, 2.75) is 80.6 Å². The molecule has 0 atom stereocenters. The van der Waals surface area contributed by atoms with Crippen LogP contribution in [-0.2, 0) is 4.79 Å². The highest BCUT2D eigenvalue weighted by Crippen LogP contribution is 2.38. The van der Waals surface area contributed by atoms with Gasteiger partial charge in [0, 0.05) is 49.9 Å². The maximum atomic E-state index is 12.9. The van der Waals surface area contributed by atoms with Crippen LogP contribution in [0.15, 0.2) is 33.5 Å². The van der Waals surface area contributed by atoms with Crippen LogP contribution in [0.5, 0.6) is 0 Å². The highest BCUT2D eigenvalue weighted by Gasteiger charge is 2.30. The summed E-state index contributed by atoms with van der Waals surface area (Å²) in [7, 11) is 1.79. The minimum atomic E-state index is -0.200. The van der Waals surface area contributed by atoms with Gasteiger partial charge in [0.1, 0.15) is 0 Å². The fraction of sp³-hybridized carbons (Fsp3) is 0.750. The van der Waals surface area contributed by atoms with Crippen LogP contribution in [0.25, 0.3) is 0 Å². The highest BCUT2D eigenvalue weighted by atomic mass is 16.1. The number of hydrogen-bond donors (Lipinski definition) is 2. The van der Waals surface area contributed by atoms with E-state index in [9.17, 15) is 4.79 Å². The van der Waals surface area contributed by atoms with E-state index in [1.165, 1.54) is 18.5 Å². The molecule has 0 aromatic rings. The van der Waals surface area contributed by atoms with E-state index in [1.54, 1.807) is 13.4 Å². The van der Waals surface area contributed by atoms with Gasteiger partial charge in [-0.2, -0.15) is 0 Å². The van der Waals surface area contributed by atoms with Crippen molar-refractivity contribution < 1.29 is 4.79 Å². The van der Waals surface area contributed by atoms with E-state index in [0.717, 1.165) is 56.2 Å². The molecule has 192 valence electrons. The van der Waals surface area contributed by atoms with Crippen LogP contribution in [0.2, 0.25) is 0 Å². The summed E-state index contributed by atoms with van der Waals surface area (Å²) in [6, 6.07) is 0. The van der Waals surface area contributed by atoms with Crippen LogP contribution in [0.1, 0.15) is 80.6 Å². The second-order valence-corrected chi connectivity index (χ2v) is 12.2. The van der Waals surface area contributed by atoms with Crippen LogP contribution in [0.4, 0.5) is 0 Å². The van der Waals surface area contributed by atoms with Crippen molar-refractivity contribution in [2.24, 2.45) is 32.7 Å². The lowest BCUT2D eigenvalue weighted by Crippen LogP contribution is -2.36. The van der Waals surface area contributed by atoms with Gasteiger partial charge in [0.25, 0.3) is 0 Å². The molecule has 6 heteroatoms. The minimum Gasteiger partial charge on any atom is -0.375 e. The van der Waals surface area contributed by atoms with Gasteiger partial charge in [-0.3, -0.25) is 14.8 Å². The van der Waals surface area contributed by atoms with Gasteiger partial charge in [-0.15, -0.1) is 0 Å². The third-order valence-corrected chi connectivity index (χ3v) is 6.78. The third-order valence-electron chi connectivity index (χ3n) is 6.78. The Morgan fingerprint density at radius 2 is 1.71 bits per heavy atom. The maximum Gasteiger partial charge on any atom is 0.249 e. The molecule has 1 heterocycles. The standard InChI is InChI=1S/C28H49N5O/c1-20(26(34)31-15-14-27(3,4)5)24(25(29-9)28(6,7)8)32-19-30-18-22-12-16-33(17-13-22)21(2)23-10-11-23/h19,22-23H,2,10-18H2,1,3-9H3,(H,30,32)(H,31,34)/b24-20-,29-25?. The second-order valence-electron chi connectivity index (χ2n) is 12.2. The predicted octanol–water partition coefficient (Wildman–Crippen LogP) is 5.18. The zero-order valence-electron chi connectivity index (χ0n) is 23.1. The van der Waals surface area contributed by atoms with Crippen LogP contribution in [0.3, 0.4) is 0 Å². The van der Waals surface area contributed by atoms with Crippen molar-refractivity contribution in [3.05, 3.63) is 23.5 Å². The highest BCUT2D eigenvalue weighted by molar-refractivity contribution is 6.10. The molecule has 0 unspecified atom stereocenters. The molecule has 2 N–H and O–H groups in total. The molecular weight excluding hydrogens is 422 g/mol. The summed E-state index contributed by atoms with van der Waals surface area (Å²) in [5, 5.41) is 6.40. The largest absolute Gasteiger partial charge is 0.375 e. The normalized spacial score (nSPS) is 19.3. The van der Waals surface area contributed by atoms with Crippen molar-refractivity contribution in [2.75, 3.05) is 33.2 Å². The van der Waals surface area contributed by atoms with Crippen LogP contribution < -0.4 is 10.6 Å². The first kappa shape index (κ1) is 28.1. The number of amides is 1. The molecule has 0 bridgehead atoms. The molecule has 1 saturated carbocycles. The van der Waals surface area contributed by atoms with Crippen molar-refractivity contribution in [1.29, 1.82) is 0 Å². The van der Waals surface area contributed by atoms with E-state index >= 15 is 0 Å². The van der Waals surface area contributed by atoms with Crippen LogP contribution >= 0.6 is 0 Å². The molecule has 1 saturated heterocycles. The summed E-state index contributed by atoms with van der Waals surface area (Å²) < 4.78 is 0. The lowest BCUT2D eigenvalue weighted by molar-refractivity contribution is -0.117. The number of likely N-dealkylation sites (tertiary alicyclic amines) is 1. The number of nitrogens with zero attached hydrogens (tertiary/aromatic N) is 3. The Morgan fingerprint density at radius 3 is 2.21 bits per heavy atom. The quantitative estimate of drug-likeness (QED) is 0.262. The average molecular weight is 472 g/mol. The molecule has 0 aromatic carbocycles. The number of hydrogen-bond acceptors (Lipinski definition) is 4. The molecule has 0 radical (unpaired) electrons. The lowest BCUT2D eigenvalue weighted by Gasteiger charge is -2.34. The molecule has 0 spiro atoms. The van der Waals surface area contributed by atoms with Gasteiger partial charge >= 0.3 is 0 Å². The second kappa shape index (κ2) is 12.0. The van der Waals surface area contributed by atoms with Gasteiger partial charge in [0.2, 0.25) is 5.91 Å². The molecule has 2 fully saturated rings. The molecular formula is C28H49N5O. The topological polar surface area (TPSA) is 69.1 Å². The van der Waals surface area contributed by atoms with Gasteiger partial charge in [0.15, 0.2) is 0 Å². The van der Waals surface area contributed by atoms with Gasteiger partial charge in [-0.05, 0) is 56.3 Å². The average Bonchev–Trinajstić information content (AvgIpc) is 3.59. The van der Waals surface area contributed by atoms with Crippen molar-refractivity contribution in [1.82, 2.24) is 15.5 Å². The summed E-state index contributed by atoms with van der Waals surface area (Å²) >= 11 is 0. The van der Waals surface area contributed by atoms with E-state index < -0.39 is 0 Å². The fourth-order valence-corrected chi connectivity index (χ4v) is 4.36. The molecule has 2 aliphatic rings. The first-order valence-corrected chi connectivity index (χ1v) is 13.0. The van der Waals surface area contributed by atoms with Gasteiger partial charge in [0.05, 0.1) is 17.7 Å². The lowest BCUT2D eigenvalue weighted by atomic mass is 9.86. The monoisotopic (exact) mass is 471 g/mol. The SMILES string of the molecule is C=C(C1CC1)N1CCC(CN=CN/C(C(=NC)C(C)(C)C)=C(/C)C(=O)NCCC(C)(C)C)CC1. The maximum absolute atomic E-state index is 12.9. The van der Waals surface area contributed by atoms with E-state index in [-0.39, 0.29) is 16.7 Å². The molecule has 2 rings (SSSR count). The smallest absolute Gasteiger partial charge is 0.249 e. The number of aliphatic imine (C=N–C) groups is 2. The molecule has 0 aromatic heterocycles. The van der Waals surface area contributed by atoms with Crippen molar-refractivity contribution >= 4 is 18.0 Å². The molecule has 1 aliphatic heterocycles. The Morgan fingerprint density at radius 1 is 1.09 bits per heavy atom. The number of nitrogens with one attached hydrogen (secondary N) is 2. The zero-order valence-corrected chi connectivity index (χ0v) is 23.1. The Kier molecular flexibility index (Phi) is 9.96. The molecule has 6 nitrogen and oxygen atoms in total. The Balaban J connectivity index is 1.98. The first-order valence-electron chi connectivity index (χ1n) is 13.0. The van der Waals surface area contributed by atoms with E-state index in [0.29, 0.717) is 18.0 Å². The number of carbonyl (C=O) groups excluding carboxylic acids is 1. The summed E-state index contributed by atoms with van der Waals surface area (Å²) in [5.41, 5.74) is 3.60. The number of rotatable bonds is 10. The summed E-state index contributed by atoms with van der Waals surface area (Å²) in [4.78, 5) is 24.6. The fourth-order valence-electron chi connectivity index (χ4n) is 4.36. The number of piperidine rings is 1. The Bertz CT molecular complexity index is 798. The van der Waals surface area contributed by atoms with E-state index in [2.05, 4.69) is 73.6 Å². The van der Waals surface area contributed by atoms with Crippen molar-refractivity contribution in [3.8, 4) is 0 Å². The Hall–Kier alpha value is -2.11. The third kappa shape index (κ3) is 8.92. The zero-order chi connectivity index (χ0) is 25.5. The summed E-state index contributed by atoms with van der Waals surface area (Å²) in [5.74, 6) is 1.28. The molecule has 34 heavy (non-hydrogen) atoms. The summed E-state index contributed by atoms with van der Waals surface area (Å²) in [6.07, 6.45) is 7.63. The van der Waals surface area contributed by atoms with Gasteiger partial charge in [-0.25, -0.2) is 0 Å². The predicted molar refractivity (Wildman–Crippen MR) is 145 cm³/mol. The van der Waals surface area contributed by atoms with E-state index in [1.807, 2.05) is 6.92 Å². The molecule has 1 aliphatic carbocycles. The number of allylic oxidation sites excluding steroid dienone is 2. The Labute approximate surface area is 208 Å². The van der Waals surface area contributed by atoms with Crippen LogP contribution in [-0.4, -0.2) is 56.1 Å². The molecule has 1 amide bonds. The first-order chi connectivity index (χ1) is 15.8. The summed E-state index contributed by atoms with van der Waals surface area (Å²) in [6.45, 7) is 22.7. The van der Waals surface area contributed by atoms with E-state index in [4.69, 9.17) is 0 Å². The van der Waals surface area contributed by atoms with Gasteiger partial charge in [-0.1, -0.05) is 48.1 Å². The number of carbonyl (C=O) groups is 1. The van der Waals surface area contributed by atoms with Crippen molar-refractivity contribution in [3.63, 3.8) is 0 Å². The van der Waals surface area contributed by atoms with Gasteiger partial charge < -0.3 is 15.5 Å². The van der Waals surface area contributed by atoms with Crippen LogP contribution in [0, 0.1) is 22.7 Å². The minimum absolute atomic E-state index is 0.0613.